The van der Waals surface area contributed by atoms with Crippen molar-refractivity contribution in [1.82, 2.24) is 10.2 Å². The minimum absolute atomic E-state index is 0.00231. The predicted molar refractivity (Wildman–Crippen MR) is 87.6 cm³/mol. The van der Waals surface area contributed by atoms with E-state index in [0.29, 0.717) is 32.7 Å². The first-order chi connectivity index (χ1) is 11.1. The molecule has 6 heteroatoms. The largest absolute Gasteiger partial charge is 0.368 e. The first kappa shape index (κ1) is 17.0. The summed E-state index contributed by atoms with van der Waals surface area (Å²) in [5.41, 5.74) is 0.960. The number of benzene rings is 1. The second kappa shape index (κ2) is 8.31. The van der Waals surface area contributed by atoms with Crippen LogP contribution in [0.1, 0.15) is 12.8 Å². The number of rotatable bonds is 6. The number of anilines is 1. The molecule has 0 atom stereocenters. The van der Waals surface area contributed by atoms with Gasteiger partial charge in [0.25, 0.3) is 0 Å². The van der Waals surface area contributed by atoms with Crippen molar-refractivity contribution in [3.63, 3.8) is 0 Å². The van der Waals surface area contributed by atoms with Gasteiger partial charge in [-0.15, -0.1) is 6.58 Å². The summed E-state index contributed by atoms with van der Waals surface area (Å²) in [6.07, 6.45) is 2.03. The molecule has 0 aliphatic carbocycles. The van der Waals surface area contributed by atoms with Gasteiger partial charge in [-0.1, -0.05) is 6.08 Å². The molecule has 0 bridgehead atoms. The molecule has 1 fully saturated rings. The quantitative estimate of drug-likeness (QED) is 0.810. The summed E-state index contributed by atoms with van der Waals surface area (Å²) in [6.45, 7) is 6.59. The summed E-state index contributed by atoms with van der Waals surface area (Å²) < 4.78 is 12.9. The molecule has 1 heterocycles. The molecule has 1 N–H and O–H groups in total. The lowest BCUT2D eigenvalue weighted by atomic mass is 10.2. The Morgan fingerprint density at radius 3 is 2.39 bits per heavy atom. The Bertz CT molecular complexity index is 551. The van der Waals surface area contributed by atoms with Crippen molar-refractivity contribution in [2.24, 2.45) is 0 Å². The van der Waals surface area contributed by atoms with Crippen LogP contribution < -0.4 is 10.2 Å². The second-order valence-corrected chi connectivity index (χ2v) is 5.44. The number of nitrogens with one attached hydrogen (secondary N) is 1. The molecular weight excluding hydrogens is 297 g/mol. The van der Waals surface area contributed by atoms with Gasteiger partial charge in [0, 0.05) is 51.3 Å². The zero-order valence-corrected chi connectivity index (χ0v) is 13.1. The highest BCUT2D eigenvalue weighted by atomic mass is 19.1. The van der Waals surface area contributed by atoms with Crippen LogP contribution in [0.15, 0.2) is 36.9 Å². The molecular formula is C17H22FN3O2. The van der Waals surface area contributed by atoms with E-state index in [9.17, 15) is 14.0 Å². The van der Waals surface area contributed by atoms with Crippen molar-refractivity contribution >= 4 is 17.5 Å². The minimum Gasteiger partial charge on any atom is -0.368 e. The van der Waals surface area contributed by atoms with Crippen LogP contribution in [-0.2, 0) is 9.59 Å². The number of piperazine rings is 1. The van der Waals surface area contributed by atoms with Crippen LogP contribution in [0.4, 0.5) is 10.1 Å². The fourth-order valence-corrected chi connectivity index (χ4v) is 2.52. The van der Waals surface area contributed by atoms with E-state index in [1.165, 1.54) is 12.1 Å². The van der Waals surface area contributed by atoms with E-state index >= 15 is 0 Å². The van der Waals surface area contributed by atoms with Gasteiger partial charge in [-0.2, -0.15) is 0 Å². The Kier molecular flexibility index (Phi) is 6.14. The molecule has 1 aromatic rings. The monoisotopic (exact) mass is 319 g/mol. The van der Waals surface area contributed by atoms with Gasteiger partial charge in [-0.25, -0.2) is 4.39 Å². The van der Waals surface area contributed by atoms with Crippen LogP contribution in [0.3, 0.4) is 0 Å². The van der Waals surface area contributed by atoms with Crippen LogP contribution >= 0.6 is 0 Å². The number of amides is 2. The van der Waals surface area contributed by atoms with Crippen molar-refractivity contribution in [3.05, 3.63) is 42.7 Å². The lowest BCUT2D eigenvalue weighted by Gasteiger charge is -2.36. The van der Waals surface area contributed by atoms with Crippen LogP contribution in [0.2, 0.25) is 0 Å². The van der Waals surface area contributed by atoms with E-state index in [1.54, 1.807) is 23.1 Å². The number of carbonyl (C=O) groups excluding carboxylic acids is 2. The van der Waals surface area contributed by atoms with E-state index < -0.39 is 0 Å². The predicted octanol–water partition coefficient (Wildman–Crippen LogP) is 1.56. The van der Waals surface area contributed by atoms with E-state index in [-0.39, 0.29) is 30.5 Å². The highest BCUT2D eigenvalue weighted by Crippen LogP contribution is 2.17. The van der Waals surface area contributed by atoms with Gasteiger partial charge in [0.05, 0.1) is 0 Å². The lowest BCUT2D eigenvalue weighted by Crippen LogP contribution is -2.49. The second-order valence-electron chi connectivity index (χ2n) is 5.44. The smallest absolute Gasteiger partial charge is 0.223 e. The van der Waals surface area contributed by atoms with Gasteiger partial charge in [-0.3, -0.25) is 9.59 Å². The first-order valence-electron chi connectivity index (χ1n) is 7.76. The third kappa shape index (κ3) is 5.09. The Hall–Kier alpha value is -2.37. The summed E-state index contributed by atoms with van der Waals surface area (Å²) in [6, 6.07) is 6.37. The van der Waals surface area contributed by atoms with Crippen LogP contribution in [0.5, 0.6) is 0 Å². The van der Waals surface area contributed by atoms with E-state index in [2.05, 4.69) is 16.8 Å². The normalized spacial score (nSPS) is 14.5. The molecule has 0 radical (unpaired) electrons. The summed E-state index contributed by atoms with van der Waals surface area (Å²) in [4.78, 5) is 27.5. The van der Waals surface area contributed by atoms with Crippen molar-refractivity contribution < 1.29 is 14.0 Å². The Balaban J connectivity index is 1.75. The maximum Gasteiger partial charge on any atom is 0.223 e. The number of hydrogen-bond donors (Lipinski definition) is 1. The maximum atomic E-state index is 12.9. The first-order valence-corrected chi connectivity index (χ1v) is 7.76. The third-order valence-corrected chi connectivity index (χ3v) is 3.83. The molecule has 5 nitrogen and oxygen atoms in total. The Labute approximate surface area is 135 Å². The van der Waals surface area contributed by atoms with Crippen molar-refractivity contribution in [3.8, 4) is 0 Å². The van der Waals surface area contributed by atoms with Gasteiger partial charge in [0.1, 0.15) is 5.82 Å². The molecule has 0 unspecified atom stereocenters. The summed E-state index contributed by atoms with van der Waals surface area (Å²) in [7, 11) is 0. The average Bonchev–Trinajstić information content (AvgIpc) is 2.58. The number of nitrogens with zero attached hydrogens (tertiary/aromatic N) is 2. The van der Waals surface area contributed by atoms with E-state index in [1.807, 2.05) is 0 Å². The van der Waals surface area contributed by atoms with Crippen LogP contribution in [-0.4, -0.2) is 49.4 Å². The fourth-order valence-electron chi connectivity index (χ4n) is 2.52. The van der Waals surface area contributed by atoms with Gasteiger partial charge in [-0.05, 0) is 24.3 Å². The molecule has 1 aromatic carbocycles. The summed E-state index contributed by atoms with van der Waals surface area (Å²) in [5.74, 6) is -0.391. The zero-order valence-electron chi connectivity index (χ0n) is 13.1. The molecule has 1 saturated heterocycles. The van der Waals surface area contributed by atoms with Crippen LogP contribution in [0, 0.1) is 5.82 Å². The topological polar surface area (TPSA) is 52.7 Å². The molecule has 0 aromatic heterocycles. The SMILES string of the molecule is C=CCNC(=O)CCC(=O)N1CCN(c2ccc(F)cc2)CC1. The van der Waals surface area contributed by atoms with Crippen LogP contribution in [0.25, 0.3) is 0 Å². The number of carbonyl (C=O) groups is 2. The van der Waals surface area contributed by atoms with Gasteiger partial charge in [0.15, 0.2) is 0 Å². The highest BCUT2D eigenvalue weighted by Gasteiger charge is 2.21. The Morgan fingerprint density at radius 1 is 1.13 bits per heavy atom. The van der Waals surface area contributed by atoms with Crippen molar-refractivity contribution in [1.29, 1.82) is 0 Å². The molecule has 1 aliphatic heterocycles. The standard InChI is InChI=1S/C17H22FN3O2/c1-2-9-19-16(22)7-8-17(23)21-12-10-20(11-13-21)15-5-3-14(18)4-6-15/h2-6H,1,7-13H2,(H,19,22). The van der Waals surface area contributed by atoms with Gasteiger partial charge in [0.2, 0.25) is 11.8 Å². The van der Waals surface area contributed by atoms with E-state index in [0.717, 1.165) is 5.69 Å². The molecule has 1 aliphatic rings. The maximum absolute atomic E-state index is 12.9. The molecule has 124 valence electrons. The zero-order chi connectivity index (χ0) is 16.7. The number of halogens is 1. The fraction of sp³-hybridized carbons (Fsp3) is 0.412. The van der Waals surface area contributed by atoms with Crippen molar-refractivity contribution in [2.45, 2.75) is 12.8 Å². The van der Waals surface area contributed by atoms with E-state index in [4.69, 9.17) is 0 Å². The Morgan fingerprint density at radius 2 is 1.78 bits per heavy atom. The van der Waals surface area contributed by atoms with Crippen molar-refractivity contribution in [2.75, 3.05) is 37.6 Å². The molecule has 0 spiro atoms. The molecule has 23 heavy (non-hydrogen) atoms. The van der Waals surface area contributed by atoms with Gasteiger partial charge >= 0.3 is 0 Å². The molecule has 2 rings (SSSR count). The minimum atomic E-state index is -0.253. The highest BCUT2D eigenvalue weighted by molar-refractivity contribution is 5.84. The number of hydrogen-bond acceptors (Lipinski definition) is 3. The summed E-state index contributed by atoms with van der Waals surface area (Å²) >= 11 is 0. The summed E-state index contributed by atoms with van der Waals surface area (Å²) in [5, 5.41) is 2.66. The molecule has 2 amide bonds. The average molecular weight is 319 g/mol. The third-order valence-electron chi connectivity index (χ3n) is 3.83. The molecule has 0 saturated carbocycles. The van der Waals surface area contributed by atoms with Gasteiger partial charge < -0.3 is 15.1 Å². The lowest BCUT2D eigenvalue weighted by molar-refractivity contribution is -0.133.